The van der Waals surface area contributed by atoms with E-state index in [1.54, 1.807) is 54.5 Å². The van der Waals surface area contributed by atoms with Crippen molar-refractivity contribution in [2.75, 3.05) is 6.61 Å². The highest BCUT2D eigenvalue weighted by Crippen LogP contribution is 2.38. The number of amides is 1. The van der Waals surface area contributed by atoms with E-state index >= 15 is 4.39 Å². The van der Waals surface area contributed by atoms with E-state index in [0.29, 0.717) is 22.3 Å². The van der Waals surface area contributed by atoms with Gasteiger partial charge in [-0.1, -0.05) is 13.8 Å². The van der Waals surface area contributed by atoms with Crippen molar-refractivity contribution in [3.05, 3.63) is 52.6 Å². The fraction of sp³-hybridized carbons (Fsp3) is 0.462. The lowest BCUT2D eigenvalue weighted by molar-refractivity contribution is -0.143. The molecule has 0 bridgehead atoms. The number of halogens is 2. The minimum atomic E-state index is -1.10. The Hall–Kier alpha value is -3.16. The molecule has 1 atom stereocenters. The SMILES string of the molecule is CCOC(=O)C[C@H](NC(=O)OC(C)(C)C)c1cc(-c2c(C)cc(F)cc2O)cc(C(C)C)c1F. The normalized spacial score (nSPS) is 12.4. The molecule has 0 radical (unpaired) electrons. The van der Waals surface area contributed by atoms with E-state index in [0.717, 1.165) is 6.07 Å². The van der Waals surface area contributed by atoms with Gasteiger partial charge in [0.05, 0.1) is 19.1 Å². The molecule has 6 nitrogen and oxygen atoms in total. The molecular weight excluding hydrogens is 444 g/mol. The molecule has 0 fully saturated rings. The van der Waals surface area contributed by atoms with Gasteiger partial charge in [-0.25, -0.2) is 13.6 Å². The third-order valence-electron chi connectivity index (χ3n) is 5.06. The quantitative estimate of drug-likeness (QED) is 0.458. The number of rotatable bonds is 7. The molecule has 0 saturated heterocycles. The van der Waals surface area contributed by atoms with Crippen LogP contribution < -0.4 is 5.32 Å². The summed E-state index contributed by atoms with van der Waals surface area (Å²) in [7, 11) is 0. The van der Waals surface area contributed by atoms with Crippen molar-refractivity contribution in [2.24, 2.45) is 0 Å². The Balaban J connectivity index is 2.68. The number of benzene rings is 2. The van der Waals surface area contributed by atoms with Crippen LogP contribution in [0.4, 0.5) is 13.6 Å². The van der Waals surface area contributed by atoms with Gasteiger partial charge < -0.3 is 19.9 Å². The van der Waals surface area contributed by atoms with E-state index in [1.165, 1.54) is 12.1 Å². The summed E-state index contributed by atoms with van der Waals surface area (Å²) < 4.78 is 39.8. The summed E-state index contributed by atoms with van der Waals surface area (Å²) >= 11 is 0. The Labute approximate surface area is 199 Å². The van der Waals surface area contributed by atoms with E-state index in [4.69, 9.17) is 9.47 Å². The number of hydrogen-bond donors (Lipinski definition) is 2. The summed E-state index contributed by atoms with van der Waals surface area (Å²) in [6, 6.07) is 4.17. The van der Waals surface area contributed by atoms with E-state index in [-0.39, 0.29) is 30.3 Å². The van der Waals surface area contributed by atoms with E-state index in [2.05, 4.69) is 5.32 Å². The third kappa shape index (κ3) is 6.92. The molecule has 34 heavy (non-hydrogen) atoms. The van der Waals surface area contributed by atoms with Gasteiger partial charge in [-0.2, -0.15) is 0 Å². The van der Waals surface area contributed by atoms with Crippen LogP contribution in [0.25, 0.3) is 11.1 Å². The van der Waals surface area contributed by atoms with Gasteiger partial charge >= 0.3 is 12.1 Å². The Morgan fingerprint density at radius 2 is 1.71 bits per heavy atom. The highest BCUT2D eigenvalue weighted by atomic mass is 19.1. The standard InChI is InChI=1S/C26H33F2NO5/c1-8-33-22(31)13-20(29-25(32)34-26(5,6)7)19-11-16(10-18(14(2)3)24(19)28)23-15(4)9-17(27)12-21(23)30/h9-12,14,20,30H,8,13H2,1-7H3,(H,29,32)/t20-/m0/s1. The fourth-order valence-corrected chi connectivity index (χ4v) is 3.66. The fourth-order valence-electron chi connectivity index (χ4n) is 3.66. The maximum Gasteiger partial charge on any atom is 0.408 e. The summed E-state index contributed by atoms with van der Waals surface area (Å²) in [6.07, 6.45) is -1.15. The summed E-state index contributed by atoms with van der Waals surface area (Å²) in [6.45, 7) is 12.1. The number of nitrogens with one attached hydrogen (secondary N) is 1. The zero-order chi connectivity index (χ0) is 25.8. The van der Waals surface area contributed by atoms with Gasteiger partial charge in [0.25, 0.3) is 0 Å². The Morgan fingerprint density at radius 1 is 1.09 bits per heavy atom. The van der Waals surface area contributed by atoms with Gasteiger partial charge in [-0.05, 0) is 75.4 Å². The summed E-state index contributed by atoms with van der Waals surface area (Å²) in [5.74, 6) is -2.38. The van der Waals surface area contributed by atoms with Crippen LogP contribution in [0.3, 0.4) is 0 Å². The van der Waals surface area contributed by atoms with Crippen LogP contribution in [-0.4, -0.2) is 29.4 Å². The van der Waals surface area contributed by atoms with Crippen LogP contribution in [0.2, 0.25) is 0 Å². The number of hydrogen-bond acceptors (Lipinski definition) is 5. The molecule has 0 saturated carbocycles. The molecule has 0 aromatic heterocycles. The molecule has 2 aromatic rings. The average Bonchev–Trinajstić information content (AvgIpc) is 2.66. The Morgan fingerprint density at radius 3 is 2.24 bits per heavy atom. The zero-order valence-corrected chi connectivity index (χ0v) is 20.7. The molecule has 8 heteroatoms. The van der Waals surface area contributed by atoms with Crippen molar-refractivity contribution < 1.29 is 33.0 Å². The van der Waals surface area contributed by atoms with Crippen molar-refractivity contribution in [3.63, 3.8) is 0 Å². The highest BCUT2D eigenvalue weighted by Gasteiger charge is 2.28. The van der Waals surface area contributed by atoms with Crippen molar-refractivity contribution in [2.45, 2.75) is 72.4 Å². The van der Waals surface area contributed by atoms with Gasteiger partial charge in [0.15, 0.2) is 0 Å². The number of phenols is 1. The smallest absolute Gasteiger partial charge is 0.408 e. The number of alkyl carbamates (subject to hydrolysis) is 1. The first-order valence-electron chi connectivity index (χ1n) is 11.2. The van der Waals surface area contributed by atoms with Crippen LogP contribution in [0.1, 0.15) is 76.6 Å². The molecule has 0 aliphatic rings. The van der Waals surface area contributed by atoms with Gasteiger partial charge in [0.1, 0.15) is 23.0 Å². The van der Waals surface area contributed by atoms with Crippen LogP contribution in [-0.2, 0) is 14.3 Å². The number of ether oxygens (including phenoxy) is 2. The topological polar surface area (TPSA) is 84.9 Å². The molecule has 0 unspecified atom stereocenters. The molecule has 186 valence electrons. The minimum absolute atomic E-state index is 0.0308. The van der Waals surface area contributed by atoms with Crippen LogP contribution in [0.15, 0.2) is 24.3 Å². The number of phenolic OH excluding ortho intramolecular Hbond substituents is 1. The lowest BCUT2D eigenvalue weighted by atomic mass is 9.89. The molecule has 1 amide bonds. The molecule has 0 spiro atoms. The zero-order valence-electron chi connectivity index (χ0n) is 20.7. The second-order valence-corrected chi connectivity index (χ2v) is 9.45. The van der Waals surface area contributed by atoms with Crippen molar-refractivity contribution in [1.29, 1.82) is 0 Å². The Kier molecular flexibility index (Phi) is 8.64. The van der Waals surface area contributed by atoms with E-state index in [1.807, 2.05) is 0 Å². The molecule has 2 N–H and O–H groups in total. The van der Waals surface area contributed by atoms with Crippen LogP contribution in [0, 0.1) is 18.6 Å². The highest BCUT2D eigenvalue weighted by molar-refractivity contribution is 5.77. The summed E-state index contributed by atoms with van der Waals surface area (Å²) in [5, 5.41) is 13.0. The predicted molar refractivity (Wildman–Crippen MR) is 126 cm³/mol. The van der Waals surface area contributed by atoms with Gasteiger partial charge in [-0.15, -0.1) is 0 Å². The predicted octanol–water partition coefficient (Wildman–Crippen LogP) is 6.29. The van der Waals surface area contributed by atoms with E-state index in [9.17, 15) is 19.1 Å². The molecule has 2 aromatic carbocycles. The molecule has 2 rings (SSSR count). The average molecular weight is 478 g/mol. The third-order valence-corrected chi connectivity index (χ3v) is 5.06. The van der Waals surface area contributed by atoms with Crippen LogP contribution in [0.5, 0.6) is 5.75 Å². The number of carbonyl (C=O) groups excluding carboxylic acids is 2. The van der Waals surface area contributed by atoms with E-state index < -0.39 is 35.3 Å². The molecule has 0 aliphatic heterocycles. The van der Waals surface area contributed by atoms with Crippen molar-refractivity contribution in [1.82, 2.24) is 5.32 Å². The van der Waals surface area contributed by atoms with Crippen molar-refractivity contribution >= 4 is 12.1 Å². The first-order chi connectivity index (χ1) is 15.7. The number of esters is 1. The van der Waals surface area contributed by atoms with Crippen molar-refractivity contribution in [3.8, 4) is 16.9 Å². The van der Waals surface area contributed by atoms with Gasteiger partial charge in [0, 0.05) is 17.2 Å². The maximum absolute atomic E-state index is 15.7. The van der Waals surface area contributed by atoms with Gasteiger partial charge in [0.2, 0.25) is 0 Å². The Bertz CT molecular complexity index is 1040. The second-order valence-electron chi connectivity index (χ2n) is 9.45. The molecule has 0 heterocycles. The number of aryl methyl sites for hydroxylation is 1. The summed E-state index contributed by atoms with van der Waals surface area (Å²) in [4.78, 5) is 24.8. The molecular formula is C26H33F2NO5. The lowest BCUT2D eigenvalue weighted by Gasteiger charge is -2.25. The minimum Gasteiger partial charge on any atom is -0.507 e. The first kappa shape index (κ1) is 27.1. The number of carbonyl (C=O) groups is 2. The summed E-state index contributed by atoms with van der Waals surface area (Å²) in [5.41, 5.74) is 0.746. The lowest BCUT2D eigenvalue weighted by Crippen LogP contribution is -2.36. The maximum atomic E-state index is 15.7. The first-order valence-corrected chi connectivity index (χ1v) is 11.2. The van der Waals surface area contributed by atoms with Gasteiger partial charge in [-0.3, -0.25) is 4.79 Å². The second kappa shape index (κ2) is 10.8. The molecule has 0 aliphatic carbocycles. The number of aromatic hydroxyl groups is 1. The largest absolute Gasteiger partial charge is 0.507 e. The monoisotopic (exact) mass is 477 g/mol. The van der Waals surface area contributed by atoms with Crippen LogP contribution >= 0.6 is 0 Å².